The predicted molar refractivity (Wildman–Crippen MR) is 127 cm³/mol. The van der Waals surface area contributed by atoms with E-state index in [0.717, 1.165) is 5.56 Å². The molecular formula is C25H23F2N5O2. The molecule has 174 valence electrons. The number of nitrogens with zero attached hydrogens (tertiary/aromatic N) is 3. The summed E-state index contributed by atoms with van der Waals surface area (Å²) in [6, 6.07) is 8.20. The van der Waals surface area contributed by atoms with Gasteiger partial charge >= 0.3 is 0 Å². The quantitative estimate of drug-likeness (QED) is 0.363. The van der Waals surface area contributed by atoms with Gasteiger partial charge in [-0.3, -0.25) is 9.20 Å². The molecule has 2 aromatic carbocycles. The van der Waals surface area contributed by atoms with Crippen LogP contribution >= 0.6 is 0 Å². The number of amides is 1. The number of benzene rings is 2. The first kappa shape index (κ1) is 22.9. The summed E-state index contributed by atoms with van der Waals surface area (Å²) >= 11 is 0. The fourth-order valence-corrected chi connectivity index (χ4v) is 3.68. The third kappa shape index (κ3) is 4.19. The van der Waals surface area contributed by atoms with Crippen LogP contribution in [0.3, 0.4) is 0 Å². The van der Waals surface area contributed by atoms with Crippen molar-refractivity contribution >= 4 is 23.1 Å². The third-order valence-electron chi connectivity index (χ3n) is 5.37. The van der Waals surface area contributed by atoms with Crippen LogP contribution in [0.5, 0.6) is 5.75 Å². The number of fused-ring (bicyclic) bond motifs is 1. The van der Waals surface area contributed by atoms with Gasteiger partial charge in [0.05, 0.1) is 19.0 Å². The molecule has 4 aromatic rings. The molecule has 9 heteroatoms. The van der Waals surface area contributed by atoms with Gasteiger partial charge < -0.3 is 15.4 Å². The van der Waals surface area contributed by atoms with Gasteiger partial charge in [0.1, 0.15) is 0 Å². The maximum absolute atomic E-state index is 14.7. The smallest absolute Gasteiger partial charge is 0.251 e. The van der Waals surface area contributed by atoms with Crippen LogP contribution in [-0.4, -0.2) is 33.9 Å². The molecule has 7 nitrogen and oxygen atoms in total. The maximum atomic E-state index is 14.7. The summed E-state index contributed by atoms with van der Waals surface area (Å²) in [5, 5.41) is 5.99. The summed E-state index contributed by atoms with van der Waals surface area (Å²) in [5.41, 5.74) is 3.00. The highest BCUT2D eigenvalue weighted by molar-refractivity contribution is 5.96. The van der Waals surface area contributed by atoms with E-state index in [1.54, 1.807) is 28.8 Å². The highest BCUT2D eigenvalue weighted by Crippen LogP contribution is 2.31. The molecule has 0 radical (unpaired) electrons. The predicted octanol–water partition coefficient (Wildman–Crippen LogP) is 4.90. The van der Waals surface area contributed by atoms with Crippen molar-refractivity contribution in [1.82, 2.24) is 19.7 Å². The normalized spacial score (nSPS) is 10.8. The van der Waals surface area contributed by atoms with Crippen LogP contribution in [0.1, 0.15) is 22.8 Å². The lowest BCUT2D eigenvalue weighted by atomic mass is 10.0. The van der Waals surface area contributed by atoms with E-state index in [-0.39, 0.29) is 17.2 Å². The Labute approximate surface area is 195 Å². The minimum absolute atomic E-state index is 0.0473. The van der Waals surface area contributed by atoms with Crippen molar-refractivity contribution in [3.05, 3.63) is 84.3 Å². The number of imidazole rings is 1. The van der Waals surface area contributed by atoms with E-state index in [1.165, 1.54) is 31.6 Å². The molecule has 0 aliphatic heterocycles. The average Bonchev–Trinajstić information content (AvgIpc) is 3.29. The van der Waals surface area contributed by atoms with E-state index >= 15 is 0 Å². The van der Waals surface area contributed by atoms with Gasteiger partial charge in [-0.05, 0) is 42.3 Å². The van der Waals surface area contributed by atoms with Crippen LogP contribution in [0.15, 0.2) is 61.6 Å². The van der Waals surface area contributed by atoms with Crippen LogP contribution in [0.2, 0.25) is 0 Å². The van der Waals surface area contributed by atoms with Gasteiger partial charge in [-0.25, -0.2) is 14.4 Å². The Balaban J connectivity index is 1.69. The highest BCUT2D eigenvalue weighted by Gasteiger charge is 2.19. The van der Waals surface area contributed by atoms with Gasteiger partial charge in [0.25, 0.3) is 5.91 Å². The molecule has 34 heavy (non-hydrogen) atoms. The Hall–Kier alpha value is -4.27. The van der Waals surface area contributed by atoms with Gasteiger partial charge in [-0.15, -0.1) is 6.58 Å². The number of methoxy groups -OCH3 is 1. The lowest BCUT2D eigenvalue weighted by Crippen LogP contribution is -2.24. The molecule has 0 saturated carbocycles. The number of carbonyl (C=O) groups is 1. The molecule has 0 bridgehead atoms. The number of aromatic nitrogens is 3. The van der Waals surface area contributed by atoms with Crippen LogP contribution in [0, 0.1) is 11.6 Å². The molecule has 0 atom stereocenters. The van der Waals surface area contributed by atoms with Crippen molar-refractivity contribution < 1.29 is 18.3 Å². The average molecular weight is 463 g/mol. The van der Waals surface area contributed by atoms with Crippen molar-refractivity contribution in [2.75, 3.05) is 19.0 Å². The fraction of sp³-hybridized carbons (Fsp3) is 0.160. The third-order valence-corrected chi connectivity index (χ3v) is 5.37. The minimum Gasteiger partial charge on any atom is -0.494 e. The Morgan fingerprint density at radius 2 is 2.03 bits per heavy atom. The summed E-state index contributed by atoms with van der Waals surface area (Å²) in [4.78, 5) is 21.1. The van der Waals surface area contributed by atoms with Crippen molar-refractivity contribution in [3.63, 3.8) is 0 Å². The van der Waals surface area contributed by atoms with Crippen molar-refractivity contribution in [2.45, 2.75) is 13.3 Å². The number of hydrogen-bond donors (Lipinski definition) is 2. The zero-order valence-corrected chi connectivity index (χ0v) is 18.7. The number of carbonyl (C=O) groups excluding carboxylic acids is 1. The molecular weight excluding hydrogens is 440 g/mol. The molecule has 4 rings (SSSR count). The summed E-state index contributed by atoms with van der Waals surface area (Å²) in [7, 11) is 1.28. The van der Waals surface area contributed by atoms with E-state index in [2.05, 4.69) is 27.2 Å². The van der Waals surface area contributed by atoms with Crippen molar-refractivity contribution in [2.24, 2.45) is 0 Å². The number of ether oxygens (including phenoxy) is 1. The lowest BCUT2D eigenvalue weighted by Gasteiger charge is -2.12. The molecule has 0 unspecified atom stereocenters. The summed E-state index contributed by atoms with van der Waals surface area (Å²) in [6.07, 6.45) is 6.89. The number of halogens is 2. The first-order valence-corrected chi connectivity index (χ1v) is 10.6. The van der Waals surface area contributed by atoms with E-state index in [0.29, 0.717) is 41.4 Å². The number of nitrogens with one attached hydrogen (secondary N) is 2. The fourth-order valence-electron chi connectivity index (χ4n) is 3.68. The van der Waals surface area contributed by atoms with Gasteiger partial charge in [0.2, 0.25) is 5.82 Å². The molecule has 1 amide bonds. The second kappa shape index (κ2) is 9.70. The molecule has 0 spiro atoms. The number of aryl methyl sites for hydroxylation is 1. The summed E-state index contributed by atoms with van der Waals surface area (Å²) in [6.45, 7) is 5.96. The summed E-state index contributed by atoms with van der Waals surface area (Å²) < 4.78 is 35.4. The SMILES string of the molecule is C=CCNC(=O)c1ccc(Nc2nccn3c(-c4ccc(OC)c(F)c4F)cnc23)cc1CC. The first-order valence-electron chi connectivity index (χ1n) is 10.6. The Morgan fingerprint density at radius 1 is 1.21 bits per heavy atom. The second-order valence-electron chi connectivity index (χ2n) is 7.41. The van der Waals surface area contributed by atoms with E-state index in [9.17, 15) is 13.6 Å². The van der Waals surface area contributed by atoms with Crippen molar-refractivity contribution in [3.8, 4) is 17.0 Å². The van der Waals surface area contributed by atoms with E-state index in [4.69, 9.17) is 4.74 Å². The van der Waals surface area contributed by atoms with Gasteiger partial charge in [0, 0.05) is 35.8 Å². The van der Waals surface area contributed by atoms with Gasteiger partial charge in [0.15, 0.2) is 23.0 Å². The van der Waals surface area contributed by atoms with E-state index < -0.39 is 11.6 Å². The minimum atomic E-state index is -1.06. The Morgan fingerprint density at radius 3 is 2.76 bits per heavy atom. The molecule has 2 N–H and O–H groups in total. The zero-order valence-electron chi connectivity index (χ0n) is 18.7. The number of anilines is 2. The standard InChI is InChI=1S/C25H23F2N5O2/c1-4-10-29-25(33)17-7-6-16(13-15(17)5-2)31-23-24-30-14-19(32(24)12-11-28-23)18-8-9-20(34-3)22(27)21(18)26/h4,6-9,11-14H,1,5,10H2,2-3H3,(H,28,31)(H,29,33). The largest absolute Gasteiger partial charge is 0.494 e. The molecule has 0 aliphatic rings. The molecule has 2 aromatic heterocycles. The Kier molecular flexibility index (Phi) is 6.53. The monoisotopic (exact) mass is 463 g/mol. The van der Waals surface area contributed by atoms with Crippen LogP contribution in [0.25, 0.3) is 16.9 Å². The second-order valence-corrected chi connectivity index (χ2v) is 7.41. The molecule has 0 aliphatic carbocycles. The lowest BCUT2D eigenvalue weighted by molar-refractivity contribution is 0.0957. The van der Waals surface area contributed by atoms with Crippen LogP contribution in [-0.2, 0) is 6.42 Å². The van der Waals surface area contributed by atoms with Gasteiger partial charge in [-0.1, -0.05) is 13.0 Å². The van der Waals surface area contributed by atoms with Crippen molar-refractivity contribution in [1.29, 1.82) is 0 Å². The summed E-state index contributed by atoms with van der Waals surface area (Å²) in [5.74, 6) is -2.01. The van der Waals surface area contributed by atoms with Gasteiger partial charge in [-0.2, -0.15) is 4.39 Å². The van der Waals surface area contributed by atoms with Crippen LogP contribution in [0.4, 0.5) is 20.3 Å². The number of rotatable bonds is 8. The number of hydrogen-bond acceptors (Lipinski definition) is 5. The highest BCUT2D eigenvalue weighted by atomic mass is 19.2. The molecule has 0 saturated heterocycles. The Bertz CT molecular complexity index is 1380. The zero-order chi connectivity index (χ0) is 24.2. The molecule has 0 fully saturated rings. The topological polar surface area (TPSA) is 80.6 Å². The molecule has 2 heterocycles. The first-order chi connectivity index (χ1) is 16.5. The maximum Gasteiger partial charge on any atom is 0.251 e. The van der Waals surface area contributed by atoms with E-state index in [1.807, 2.05) is 13.0 Å². The van der Waals surface area contributed by atoms with Crippen LogP contribution < -0.4 is 15.4 Å².